The van der Waals surface area contributed by atoms with E-state index in [1.54, 1.807) is 0 Å². The number of carbonyl (C=O) groups excluding carboxylic acids is 2. The fourth-order valence-corrected chi connectivity index (χ4v) is 4.82. The first-order chi connectivity index (χ1) is 13.1. The molecule has 2 rings (SSSR count). The highest BCUT2D eigenvalue weighted by Gasteiger charge is 2.42. The third kappa shape index (κ3) is 11.7. The maximum absolute atomic E-state index is 11.1. The number of amides is 3. The average molecular weight is 433 g/mol. The average Bonchev–Trinajstić information content (AvgIpc) is 3.11. The van der Waals surface area contributed by atoms with Gasteiger partial charge in [0.05, 0.1) is 17.7 Å². The second-order valence-electron chi connectivity index (χ2n) is 8.66. The molecular weight excluding hydrogens is 388 g/mol. The number of hydrogen-bond donors (Lipinski definition) is 4. The van der Waals surface area contributed by atoms with Crippen LogP contribution in [0.1, 0.15) is 73.6 Å². The Bertz CT molecular complexity index is 489. The SMILES string of the molecule is C.CC(C)CCOC(C)(C)CCN.NC(=O)CCCC[C@H]1SCC2NC(=O)N[C@H]21. The summed E-state index contributed by atoms with van der Waals surface area (Å²) in [6.07, 6.45) is 5.43. The van der Waals surface area contributed by atoms with Crippen LogP contribution >= 0.6 is 11.8 Å². The molecule has 0 aromatic carbocycles. The monoisotopic (exact) mass is 432 g/mol. The molecule has 3 atom stereocenters. The predicted octanol–water partition coefficient (Wildman–Crippen LogP) is 3.01. The molecule has 2 saturated heterocycles. The summed E-state index contributed by atoms with van der Waals surface area (Å²) in [7, 11) is 0. The van der Waals surface area contributed by atoms with Gasteiger partial charge in [-0.3, -0.25) is 4.79 Å². The van der Waals surface area contributed by atoms with Gasteiger partial charge in [0, 0.05) is 24.0 Å². The molecule has 0 radical (unpaired) electrons. The third-order valence-corrected chi connectivity index (χ3v) is 6.54. The Balaban J connectivity index is 0.000000547. The zero-order valence-electron chi connectivity index (χ0n) is 18.0. The molecule has 7 nitrogen and oxygen atoms in total. The maximum Gasteiger partial charge on any atom is 0.315 e. The third-order valence-electron chi connectivity index (χ3n) is 5.03. The summed E-state index contributed by atoms with van der Waals surface area (Å²) < 4.78 is 5.70. The van der Waals surface area contributed by atoms with Crippen molar-refractivity contribution in [2.24, 2.45) is 17.4 Å². The Morgan fingerprint density at radius 2 is 2.00 bits per heavy atom. The fourth-order valence-electron chi connectivity index (χ4n) is 3.28. The smallest absolute Gasteiger partial charge is 0.315 e. The molecule has 6 N–H and O–H groups in total. The summed E-state index contributed by atoms with van der Waals surface area (Å²) in [6, 6.07) is 0.516. The van der Waals surface area contributed by atoms with E-state index in [0.717, 1.165) is 50.4 Å². The summed E-state index contributed by atoms with van der Waals surface area (Å²) in [5, 5.41) is 6.35. The minimum Gasteiger partial charge on any atom is -0.376 e. The van der Waals surface area contributed by atoms with E-state index in [0.29, 0.717) is 24.3 Å². The van der Waals surface area contributed by atoms with Crippen molar-refractivity contribution in [3.63, 3.8) is 0 Å². The van der Waals surface area contributed by atoms with E-state index in [1.165, 1.54) is 0 Å². The van der Waals surface area contributed by atoms with Crippen LogP contribution in [0.15, 0.2) is 0 Å². The highest BCUT2D eigenvalue weighted by atomic mass is 32.2. The second-order valence-corrected chi connectivity index (χ2v) is 9.94. The summed E-state index contributed by atoms with van der Waals surface area (Å²) in [5.41, 5.74) is 10.5. The molecular formula is C21H44N4O3S. The summed E-state index contributed by atoms with van der Waals surface area (Å²) in [4.78, 5) is 21.7. The molecule has 0 spiro atoms. The van der Waals surface area contributed by atoms with Gasteiger partial charge in [-0.2, -0.15) is 11.8 Å². The van der Waals surface area contributed by atoms with E-state index in [-0.39, 0.29) is 31.0 Å². The first kappa shape index (κ1) is 28.0. The van der Waals surface area contributed by atoms with Crippen molar-refractivity contribution in [2.75, 3.05) is 18.9 Å². The van der Waals surface area contributed by atoms with Crippen molar-refractivity contribution < 1.29 is 14.3 Å². The number of primary amides is 1. The molecule has 29 heavy (non-hydrogen) atoms. The lowest BCUT2D eigenvalue weighted by molar-refractivity contribution is -0.118. The maximum atomic E-state index is 11.1. The van der Waals surface area contributed by atoms with Crippen molar-refractivity contribution >= 4 is 23.7 Å². The number of carbonyl (C=O) groups is 2. The molecule has 3 amide bonds. The molecule has 0 aromatic rings. The second kappa shape index (κ2) is 14.1. The van der Waals surface area contributed by atoms with Crippen molar-refractivity contribution in [1.29, 1.82) is 0 Å². The largest absolute Gasteiger partial charge is 0.376 e. The number of nitrogens with two attached hydrogens (primary N) is 2. The van der Waals surface area contributed by atoms with Crippen LogP contribution in [-0.2, 0) is 9.53 Å². The van der Waals surface area contributed by atoms with Crippen LogP contribution in [0.4, 0.5) is 4.79 Å². The van der Waals surface area contributed by atoms with E-state index in [4.69, 9.17) is 16.2 Å². The van der Waals surface area contributed by atoms with Crippen LogP contribution in [0.2, 0.25) is 0 Å². The van der Waals surface area contributed by atoms with Gasteiger partial charge in [-0.05, 0) is 52.0 Å². The highest BCUT2D eigenvalue weighted by molar-refractivity contribution is 8.00. The number of ether oxygens (including phenoxy) is 1. The Labute approximate surface area is 181 Å². The number of fused-ring (bicyclic) bond motifs is 1. The lowest BCUT2D eigenvalue weighted by Crippen LogP contribution is -2.36. The predicted molar refractivity (Wildman–Crippen MR) is 123 cm³/mol. The molecule has 2 fully saturated rings. The van der Waals surface area contributed by atoms with Crippen molar-refractivity contribution in [2.45, 2.75) is 96.6 Å². The molecule has 172 valence electrons. The number of nitrogens with one attached hydrogen (secondary N) is 2. The Kier molecular flexibility index (Phi) is 13.6. The summed E-state index contributed by atoms with van der Waals surface area (Å²) in [5.74, 6) is 1.48. The van der Waals surface area contributed by atoms with Gasteiger partial charge in [-0.15, -0.1) is 0 Å². The van der Waals surface area contributed by atoms with E-state index < -0.39 is 0 Å². The molecule has 8 heteroatoms. The lowest BCUT2D eigenvalue weighted by atomic mass is 10.0. The van der Waals surface area contributed by atoms with Gasteiger partial charge in [0.25, 0.3) is 0 Å². The van der Waals surface area contributed by atoms with Gasteiger partial charge in [0.15, 0.2) is 0 Å². The quantitative estimate of drug-likeness (QED) is 0.295. The van der Waals surface area contributed by atoms with E-state index in [9.17, 15) is 9.59 Å². The number of thioether (sulfide) groups is 1. The van der Waals surface area contributed by atoms with Gasteiger partial charge in [0.1, 0.15) is 0 Å². The van der Waals surface area contributed by atoms with Crippen molar-refractivity contribution in [3.05, 3.63) is 0 Å². The Morgan fingerprint density at radius 3 is 2.59 bits per heavy atom. The summed E-state index contributed by atoms with van der Waals surface area (Å²) in [6.45, 7) is 10.2. The summed E-state index contributed by atoms with van der Waals surface area (Å²) >= 11 is 1.90. The molecule has 2 heterocycles. The number of hydrogen-bond acceptors (Lipinski definition) is 5. The van der Waals surface area contributed by atoms with Crippen molar-refractivity contribution in [3.8, 4) is 0 Å². The molecule has 0 bridgehead atoms. The first-order valence-corrected chi connectivity index (χ1v) is 11.5. The van der Waals surface area contributed by atoms with Gasteiger partial charge < -0.3 is 26.8 Å². The zero-order valence-corrected chi connectivity index (χ0v) is 18.8. The lowest BCUT2D eigenvalue weighted by Gasteiger charge is -2.25. The number of rotatable bonds is 11. The van der Waals surface area contributed by atoms with Gasteiger partial charge >= 0.3 is 6.03 Å². The molecule has 0 aliphatic carbocycles. The van der Waals surface area contributed by atoms with Gasteiger partial charge in [0.2, 0.25) is 5.91 Å². The van der Waals surface area contributed by atoms with E-state index in [2.05, 4.69) is 38.3 Å². The minimum atomic E-state index is -0.229. The van der Waals surface area contributed by atoms with Crippen LogP contribution in [0.3, 0.4) is 0 Å². The molecule has 2 aliphatic heterocycles. The van der Waals surface area contributed by atoms with E-state index in [1.807, 2.05) is 11.8 Å². The zero-order chi connectivity index (χ0) is 21.2. The van der Waals surface area contributed by atoms with Crippen LogP contribution in [-0.4, -0.2) is 53.8 Å². The Morgan fingerprint density at radius 1 is 1.31 bits per heavy atom. The highest BCUT2D eigenvalue weighted by Crippen LogP contribution is 2.33. The number of urea groups is 1. The Hall–Kier alpha value is -0.990. The van der Waals surface area contributed by atoms with Gasteiger partial charge in [-0.25, -0.2) is 4.79 Å². The van der Waals surface area contributed by atoms with Crippen LogP contribution in [0.25, 0.3) is 0 Å². The van der Waals surface area contributed by atoms with Crippen LogP contribution < -0.4 is 22.1 Å². The molecule has 0 aromatic heterocycles. The van der Waals surface area contributed by atoms with Crippen LogP contribution in [0.5, 0.6) is 0 Å². The van der Waals surface area contributed by atoms with Crippen LogP contribution in [0, 0.1) is 5.92 Å². The fraction of sp³-hybridized carbons (Fsp3) is 0.905. The molecule has 0 saturated carbocycles. The van der Waals surface area contributed by atoms with Gasteiger partial charge in [-0.1, -0.05) is 27.7 Å². The standard InChI is InChI=1S/C10H17N3O2S.C10H23NO.CH4/c11-8(14)4-2-1-3-7-9-6(5-16-7)12-10(15)13-9;1-9(2)5-8-12-10(3,4)6-7-11;/h6-7,9H,1-5H2,(H2,11,14)(H2,12,13,15);9H,5-8,11H2,1-4H3;1H4/t6?,7-,9-;;/m1../s1. The van der Waals surface area contributed by atoms with Crippen molar-refractivity contribution in [1.82, 2.24) is 10.6 Å². The minimum absolute atomic E-state index is 0. The topological polar surface area (TPSA) is 119 Å². The van der Waals surface area contributed by atoms with E-state index >= 15 is 0 Å². The first-order valence-electron chi connectivity index (χ1n) is 10.5. The molecule has 2 aliphatic rings. The normalized spacial score (nSPS) is 22.8. The number of unbranched alkanes of at least 4 members (excludes halogenated alkanes) is 1. The molecule has 1 unspecified atom stereocenters.